The molecule has 7 rings (SSSR count). The second kappa shape index (κ2) is 10.7. The Bertz CT molecular complexity index is 1900. The highest BCUT2D eigenvalue weighted by molar-refractivity contribution is 6.36. The molecule has 43 heavy (non-hydrogen) atoms. The largest absolute Gasteiger partial charge is 0.487 e. The van der Waals surface area contributed by atoms with Crippen molar-refractivity contribution >= 4 is 59.0 Å². The molecule has 0 amide bonds. The maximum Gasteiger partial charge on any atom is 0.161 e. The van der Waals surface area contributed by atoms with Gasteiger partial charge in [-0.05, 0) is 67.6 Å². The van der Waals surface area contributed by atoms with Crippen molar-refractivity contribution in [3.05, 3.63) is 99.7 Å². The van der Waals surface area contributed by atoms with Crippen molar-refractivity contribution in [2.75, 3.05) is 10.6 Å². The fraction of sp³-hybridized carbons (Fsp3) is 0.226. The summed E-state index contributed by atoms with van der Waals surface area (Å²) in [6.45, 7) is 0. The van der Waals surface area contributed by atoms with E-state index in [4.69, 9.17) is 35.8 Å². The molecule has 2 aliphatic carbocycles. The summed E-state index contributed by atoms with van der Waals surface area (Å²) in [6.07, 6.45) is 7.35. The summed E-state index contributed by atoms with van der Waals surface area (Å²) in [5.74, 6) is 0.121. The van der Waals surface area contributed by atoms with Crippen molar-refractivity contribution in [2.24, 2.45) is 0 Å². The average Bonchev–Trinajstić information content (AvgIpc) is 3.94. The number of anilines is 3. The minimum absolute atomic E-state index is 0.109. The number of aromatic nitrogens is 4. The van der Waals surface area contributed by atoms with Crippen LogP contribution in [0.25, 0.3) is 10.9 Å². The maximum absolute atomic E-state index is 13.9. The molecule has 2 heterocycles. The van der Waals surface area contributed by atoms with Gasteiger partial charge in [0.15, 0.2) is 5.75 Å². The molecule has 212 valence electrons. The second-order valence-electron chi connectivity index (χ2n) is 10.8. The van der Waals surface area contributed by atoms with E-state index < -0.39 is 11.3 Å². The number of fused-ring (bicyclic) bond motifs is 1. The maximum atomic E-state index is 13.9. The number of para-hydroxylation sites is 1. The average molecular weight is 610 g/mol. The Morgan fingerprint density at radius 3 is 2.58 bits per heavy atom. The van der Waals surface area contributed by atoms with Gasteiger partial charge in [-0.1, -0.05) is 46.6 Å². The van der Waals surface area contributed by atoms with Crippen LogP contribution in [-0.2, 0) is 5.44 Å². The van der Waals surface area contributed by atoms with Crippen LogP contribution < -0.4 is 15.4 Å². The van der Waals surface area contributed by atoms with E-state index in [-0.39, 0.29) is 6.10 Å². The van der Waals surface area contributed by atoms with Crippen LogP contribution in [0.15, 0.2) is 67.0 Å². The lowest BCUT2D eigenvalue weighted by Gasteiger charge is -2.32. The molecule has 1 unspecified atom stereocenters. The third-order valence-electron chi connectivity index (χ3n) is 7.56. The van der Waals surface area contributed by atoms with E-state index in [1.807, 2.05) is 6.07 Å². The van der Waals surface area contributed by atoms with Crippen molar-refractivity contribution in [3.63, 3.8) is 0 Å². The molecule has 0 bridgehead atoms. The van der Waals surface area contributed by atoms with Gasteiger partial charge in [-0.15, -0.1) is 5.10 Å². The van der Waals surface area contributed by atoms with E-state index in [1.54, 1.807) is 47.3 Å². The number of nitriles is 1. The first-order chi connectivity index (χ1) is 20.8. The molecule has 2 fully saturated rings. The quantitative estimate of drug-likeness (QED) is 0.170. The molecule has 0 saturated heterocycles. The van der Waals surface area contributed by atoms with E-state index in [1.165, 1.54) is 18.3 Å². The van der Waals surface area contributed by atoms with Gasteiger partial charge in [0.2, 0.25) is 0 Å². The molecule has 2 aliphatic rings. The van der Waals surface area contributed by atoms with Crippen LogP contribution >= 0.6 is 23.2 Å². The molecule has 8 nitrogen and oxygen atoms in total. The summed E-state index contributed by atoms with van der Waals surface area (Å²) in [5, 5.41) is 26.8. The Morgan fingerprint density at radius 1 is 1.07 bits per heavy atom. The van der Waals surface area contributed by atoms with Crippen molar-refractivity contribution in [2.45, 2.75) is 43.3 Å². The Kier molecular flexibility index (Phi) is 6.87. The van der Waals surface area contributed by atoms with Crippen molar-refractivity contribution < 1.29 is 9.13 Å². The van der Waals surface area contributed by atoms with Gasteiger partial charge in [0.25, 0.3) is 0 Å². The Balaban J connectivity index is 1.34. The first-order valence-electron chi connectivity index (χ1n) is 13.8. The highest BCUT2D eigenvalue weighted by Gasteiger charge is 2.34. The number of hydrogen-bond acceptors (Lipinski definition) is 7. The van der Waals surface area contributed by atoms with Gasteiger partial charge < -0.3 is 15.4 Å². The molecule has 2 aromatic heterocycles. The molecular formula is C31H23BCl2FN7O. The summed E-state index contributed by atoms with van der Waals surface area (Å²) in [4.78, 5) is 4.47. The van der Waals surface area contributed by atoms with Gasteiger partial charge in [0.1, 0.15) is 25.4 Å². The highest BCUT2D eigenvalue weighted by Crippen LogP contribution is 2.42. The van der Waals surface area contributed by atoms with Gasteiger partial charge in [-0.3, -0.25) is 4.98 Å². The number of pyridine rings is 1. The fourth-order valence-electron chi connectivity index (χ4n) is 4.96. The van der Waals surface area contributed by atoms with Crippen molar-refractivity contribution in [1.82, 2.24) is 20.0 Å². The van der Waals surface area contributed by atoms with Crippen LogP contribution in [0.4, 0.5) is 21.5 Å². The summed E-state index contributed by atoms with van der Waals surface area (Å²) in [7, 11) is 7.05. The zero-order valence-electron chi connectivity index (χ0n) is 22.7. The molecule has 0 spiro atoms. The molecule has 0 aliphatic heterocycles. The van der Waals surface area contributed by atoms with E-state index in [2.05, 4.69) is 32.0 Å². The van der Waals surface area contributed by atoms with Gasteiger partial charge in [0, 0.05) is 17.3 Å². The number of rotatable bonds is 9. The molecule has 12 heteroatoms. The number of nitrogens with zero attached hydrogens (tertiary/aromatic N) is 5. The van der Waals surface area contributed by atoms with Crippen LogP contribution in [0.2, 0.25) is 10.0 Å². The molecular weight excluding hydrogens is 587 g/mol. The predicted molar refractivity (Wildman–Crippen MR) is 165 cm³/mol. The standard InChI is InChI=1S/C31H23BCl2FN7O/c32-31(18-4-6-19(35)7-5-18,27-16-42(41-40-27)21-8-9-21)39-20-12-23-28(17(14-36)15-37-29(23)25(34)13-20)38-26-3-1-2-24(33)30(26)43-22-10-11-22/h1-7,12-13,15-16,21-22,39H,8-11H2,(H,37,38). The number of ether oxygens (including phenoxy) is 1. The minimum Gasteiger partial charge on any atom is -0.487 e. The zero-order valence-corrected chi connectivity index (χ0v) is 24.2. The lowest BCUT2D eigenvalue weighted by Crippen LogP contribution is -2.37. The second-order valence-corrected chi connectivity index (χ2v) is 11.6. The van der Waals surface area contributed by atoms with Crippen LogP contribution in [0.3, 0.4) is 0 Å². The molecule has 5 aromatic rings. The molecule has 2 saturated carbocycles. The van der Waals surface area contributed by atoms with E-state index >= 15 is 0 Å². The SMILES string of the molecule is [B]C(Nc1cc(Cl)c2ncc(C#N)c(Nc3cccc(Cl)c3OC3CC3)c2c1)(c1ccc(F)cc1)c1cn(C2CC2)nn1. The van der Waals surface area contributed by atoms with Gasteiger partial charge in [-0.2, -0.15) is 5.26 Å². The lowest BCUT2D eigenvalue weighted by atomic mass is 9.69. The lowest BCUT2D eigenvalue weighted by molar-refractivity contribution is 0.305. The zero-order chi connectivity index (χ0) is 29.7. The van der Waals surface area contributed by atoms with Crippen LogP contribution in [-0.4, -0.2) is 33.9 Å². The Labute approximate surface area is 258 Å². The van der Waals surface area contributed by atoms with Crippen LogP contribution in [0.1, 0.15) is 48.5 Å². The molecule has 1 atom stereocenters. The van der Waals surface area contributed by atoms with Crippen molar-refractivity contribution in [3.8, 4) is 11.8 Å². The predicted octanol–water partition coefficient (Wildman–Crippen LogP) is 7.25. The van der Waals surface area contributed by atoms with Gasteiger partial charge in [-0.25, -0.2) is 9.07 Å². The topological polar surface area (TPSA) is 101 Å². The molecule has 2 N–H and O–H groups in total. The summed E-state index contributed by atoms with van der Waals surface area (Å²) in [5.41, 5.74) is 1.99. The van der Waals surface area contributed by atoms with Crippen LogP contribution in [0, 0.1) is 17.1 Å². The van der Waals surface area contributed by atoms with Crippen LogP contribution in [0.5, 0.6) is 5.75 Å². The number of benzene rings is 3. The number of hydrogen-bond donors (Lipinski definition) is 2. The van der Waals surface area contributed by atoms with Gasteiger partial charge >= 0.3 is 0 Å². The third-order valence-corrected chi connectivity index (χ3v) is 8.14. The molecule has 3 aromatic carbocycles. The fourth-order valence-corrected chi connectivity index (χ4v) is 5.45. The summed E-state index contributed by atoms with van der Waals surface area (Å²) in [6, 6.07) is 17.3. The van der Waals surface area contributed by atoms with E-state index in [9.17, 15) is 9.65 Å². The minimum atomic E-state index is -1.40. The molecule has 2 radical (unpaired) electrons. The first-order valence-corrected chi connectivity index (χ1v) is 14.6. The third kappa shape index (κ3) is 5.35. The number of nitrogens with one attached hydrogen (secondary N) is 2. The Morgan fingerprint density at radius 2 is 1.86 bits per heavy atom. The number of halogens is 3. The first kappa shape index (κ1) is 27.5. The normalized spacial score (nSPS) is 16.0. The summed E-state index contributed by atoms with van der Waals surface area (Å²) >= 11 is 13.3. The highest BCUT2D eigenvalue weighted by atomic mass is 35.5. The van der Waals surface area contributed by atoms with E-state index in [0.29, 0.717) is 66.6 Å². The summed E-state index contributed by atoms with van der Waals surface area (Å²) < 4.78 is 21.8. The van der Waals surface area contributed by atoms with Gasteiger partial charge in [0.05, 0.1) is 56.3 Å². The Hall–Kier alpha value is -4.33. The van der Waals surface area contributed by atoms with Crippen molar-refractivity contribution in [1.29, 1.82) is 5.26 Å². The monoisotopic (exact) mass is 609 g/mol. The smallest absolute Gasteiger partial charge is 0.161 e. The van der Waals surface area contributed by atoms with E-state index in [0.717, 1.165) is 25.7 Å².